The quantitative estimate of drug-likeness (QED) is 0.0868. The third-order valence-electron chi connectivity index (χ3n) is 7.98. The molecule has 2 heterocycles. The van der Waals surface area contributed by atoms with E-state index in [1.54, 1.807) is 6.07 Å². The fraction of sp³-hybridized carbons (Fsp3) is 0.324. The van der Waals surface area contributed by atoms with Gasteiger partial charge in [-0.15, -0.1) is 0 Å². The molecule has 0 bridgehead atoms. The molecule has 0 unspecified atom stereocenters. The number of amides is 2. The van der Waals surface area contributed by atoms with Crippen LogP contribution in [-0.4, -0.2) is 59.2 Å². The molecule has 1 aliphatic rings. The Morgan fingerprint density at radius 2 is 1.87 bits per heavy atom. The number of aromatic nitrogens is 2. The minimum absolute atomic E-state index is 0.0583. The maximum Gasteiger partial charge on any atom is 0.285 e. The van der Waals surface area contributed by atoms with Gasteiger partial charge in [-0.05, 0) is 78.6 Å². The molecule has 46 heavy (non-hydrogen) atoms. The second-order valence-corrected chi connectivity index (χ2v) is 12.8. The highest BCUT2D eigenvalue weighted by atomic mass is 32.2. The smallest absolute Gasteiger partial charge is 0.285 e. The van der Waals surface area contributed by atoms with Crippen molar-refractivity contribution in [1.82, 2.24) is 14.8 Å². The number of nitrogens with zero attached hydrogens (tertiary/aromatic N) is 4. The zero-order valence-corrected chi connectivity index (χ0v) is 26.8. The molecule has 0 aliphatic carbocycles. The number of anilines is 1. The lowest BCUT2D eigenvalue weighted by Crippen LogP contribution is -2.35. The van der Waals surface area contributed by atoms with E-state index in [0.717, 1.165) is 52.1 Å². The fourth-order valence-electron chi connectivity index (χ4n) is 5.59. The summed E-state index contributed by atoms with van der Waals surface area (Å²) in [4.78, 5) is 31.5. The third-order valence-corrected chi connectivity index (χ3v) is 8.57. The Kier molecular flexibility index (Phi) is 10.5. The minimum Gasteiger partial charge on any atom is -0.493 e. The average Bonchev–Trinajstić information content (AvgIpc) is 3.50. The summed E-state index contributed by atoms with van der Waals surface area (Å²) in [6, 6.07) is 19.5. The second kappa shape index (κ2) is 14.7. The van der Waals surface area contributed by atoms with Crippen LogP contribution < -0.4 is 9.64 Å². The summed E-state index contributed by atoms with van der Waals surface area (Å²) < 4.78 is 38.8. The molecule has 0 spiro atoms. The molecule has 1 N–H and O–H groups in total. The molecule has 11 nitrogen and oxygen atoms in total. The number of hydroxylamine groups is 2. The molecule has 4 aromatic rings. The van der Waals surface area contributed by atoms with Gasteiger partial charge in [-0.3, -0.25) is 23.7 Å². The van der Waals surface area contributed by atoms with E-state index in [1.165, 1.54) is 5.56 Å². The van der Waals surface area contributed by atoms with E-state index in [0.29, 0.717) is 43.2 Å². The van der Waals surface area contributed by atoms with Crippen LogP contribution in [0.25, 0.3) is 11.1 Å². The highest BCUT2D eigenvalue weighted by molar-refractivity contribution is 7.85. The van der Waals surface area contributed by atoms with Gasteiger partial charge < -0.3 is 9.64 Å². The first-order chi connectivity index (χ1) is 22.1. The van der Waals surface area contributed by atoms with Gasteiger partial charge in [0.05, 0.1) is 19.3 Å². The molecule has 0 saturated carbocycles. The predicted octanol–water partition coefficient (Wildman–Crippen LogP) is 5.09. The normalized spacial score (nSPS) is 12.9. The predicted molar refractivity (Wildman–Crippen MR) is 174 cm³/mol. The average molecular weight is 647 g/mol. The molecule has 3 aromatic carbocycles. The van der Waals surface area contributed by atoms with E-state index >= 15 is 0 Å². The summed E-state index contributed by atoms with van der Waals surface area (Å²) in [5.74, 6) is 0.00348. The van der Waals surface area contributed by atoms with Crippen LogP contribution in [0.4, 0.5) is 5.69 Å². The Bertz CT molecular complexity index is 1800. The van der Waals surface area contributed by atoms with Gasteiger partial charge in [0.15, 0.2) is 5.88 Å². The largest absolute Gasteiger partial charge is 0.493 e. The zero-order valence-electron chi connectivity index (χ0n) is 26.0. The Balaban J connectivity index is 1.21. The fourth-order valence-corrected chi connectivity index (χ4v) is 6.04. The molecule has 12 heteroatoms. The van der Waals surface area contributed by atoms with Crippen LogP contribution in [-0.2, 0) is 44.1 Å². The van der Waals surface area contributed by atoms with E-state index in [2.05, 4.69) is 24.2 Å². The van der Waals surface area contributed by atoms with Crippen molar-refractivity contribution in [3.63, 3.8) is 0 Å². The molecule has 2 amide bonds. The Morgan fingerprint density at radius 1 is 1.09 bits per heavy atom. The van der Waals surface area contributed by atoms with E-state index < -0.39 is 16.0 Å². The maximum atomic E-state index is 13.3. The third kappa shape index (κ3) is 8.39. The van der Waals surface area contributed by atoms with Crippen LogP contribution in [0.5, 0.6) is 5.75 Å². The number of hydrogen-bond acceptors (Lipinski definition) is 7. The Morgan fingerprint density at radius 3 is 2.67 bits per heavy atom. The minimum atomic E-state index is -4.40. The standard InChI is InChI=1S/C34H38N4O7S/c1-25-8-3-14-33(26(25)2)44-17-7-15-34(40)38-16-6-12-31-30(11-5-13-32(31)38)29-19-35-36(21-29)20-27-9-4-10-28(18-27)22-45-37(23-39)24-46(41,42)43/h3-5,8-11,13-14,18-19,21,23H,6-7,12,15-17,20,22,24H2,1-2H3,(H,41,42,43). The maximum absolute atomic E-state index is 13.3. The second-order valence-electron chi connectivity index (χ2n) is 11.4. The first-order valence-corrected chi connectivity index (χ1v) is 16.7. The first kappa shape index (κ1) is 32.9. The van der Waals surface area contributed by atoms with Crippen molar-refractivity contribution in [2.24, 2.45) is 0 Å². The van der Waals surface area contributed by atoms with Gasteiger partial charge in [-0.25, -0.2) is 5.06 Å². The zero-order chi connectivity index (χ0) is 32.7. The van der Waals surface area contributed by atoms with E-state index in [9.17, 15) is 18.0 Å². The number of benzene rings is 3. The summed E-state index contributed by atoms with van der Waals surface area (Å²) in [7, 11) is -4.40. The molecular formula is C34H38N4O7S. The van der Waals surface area contributed by atoms with Gasteiger partial charge in [-0.1, -0.05) is 48.5 Å². The van der Waals surface area contributed by atoms with Crippen LogP contribution in [0, 0.1) is 13.8 Å². The van der Waals surface area contributed by atoms with Gasteiger partial charge in [0, 0.05) is 30.4 Å². The van der Waals surface area contributed by atoms with E-state index in [4.69, 9.17) is 14.1 Å². The van der Waals surface area contributed by atoms with Crippen molar-refractivity contribution in [3.8, 4) is 16.9 Å². The van der Waals surface area contributed by atoms with Crippen molar-refractivity contribution < 1.29 is 32.1 Å². The van der Waals surface area contributed by atoms with Crippen molar-refractivity contribution in [2.45, 2.75) is 52.7 Å². The summed E-state index contributed by atoms with van der Waals surface area (Å²) in [6.45, 7) is 5.69. The summed E-state index contributed by atoms with van der Waals surface area (Å²) >= 11 is 0. The number of ether oxygens (including phenoxy) is 1. The Labute approximate surface area is 269 Å². The van der Waals surface area contributed by atoms with Gasteiger partial charge >= 0.3 is 0 Å². The SMILES string of the molecule is Cc1cccc(OCCCC(=O)N2CCCc3c(-c4cnn(Cc5cccc(CON(C=O)CS(=O)(=O)O)c5)c4)cccc32)c1C. The van der Waals surface area contributed by atoms with Gasteiger partial charge in [-0.2, -0.15) is 13.5 Å². The molecule has 0 atom stereocenters. The molecule has 1 aromatic heterocycles. The molecule has 0 fully saturated rings. The molecule has 0 saturated heterocycles. The van der Waals surface area contributed by atoms with Crippen molar-refractivity contribution in [3.05, 3.63) is 101 Å². The lowest BCUT2D eigenvalue weighted by Gasteiger charge is -2.31. The molecular weight excluding hydrogens is 608 g/mol. The monoisotopic (exact) mass is 646 g/mol. The summed E-state index contributed by atoms with van der Waals surface area (Å²) in [6.07, 6.45) is 6.79. The first-order valence-electron chi connectivity index (χ1n) is 15.1. The topological polar surface area (TPSA) is 131 Å². The van der Waals surface area contributed by atoms with Crippen LogP contribution in [0.1, 0.15) is 47.1 Å². The summed E-state index contributed by atoms with van der Waals surface area (Å²) in [5.41, 5.74) is 8.04. The van der Waals surface area contributed by atoms with Gasteiger partial charge in [0.25, 0.3) is 10.1 Å². The number of rotatable bonds is 14. The van der Waals surface area contributed by atoms with Crippen LogP contribution in [0.3, 0.4) is 0 Å². The number of hydrogen-bond donors (Lipinski definition) is 1. The van der Waals surface area contributed by atoms with Crippen LogP contribution in [0.2, 0.25) is 0 Å². The Hall–Kier alpha value is -4.52. The van der Waals surface area contributed by atoms with E-state index in [-0.39, 0.29) is 18.9 Å². The van der Waals surface area contributed by atoms with Crippen LogP contribution >= 0.6 is 0 Å². The van der Waals surface area contributed by atoms with Crippen molar-refractivity contribution in [2.75, 3.05) is 23.9 Å². The number of carbonyl (C=O) groups is 2. The molecule has 242 valence electrons. The van der Waals surface area contributed by atoms with Gasteiger partial charge in [0.2, 0.25) is 12.3 Å². The van der Waals surface area contributed by atoms with Crippen LogP contribution in [0.15, 0.2) is 73.1 Å². The molecule has 0 radical (unpaired) electrons. The van der Waals surface area contributed by atoms with E-state index in [1.807, 2.05) is 71.4 Å². The summed E-state index contributed by atoms with van der Waals surface area (Å²) in [5, 5.41) is 5.10. The number of aryl methyl sites for hydroxylation is 1. The highest BCUT2D eigenvalue weighted by Crippen LogP contribution is 2.36. The lowest BCUT2D eigenvalue weighted by molar-refractivity contribution is -0.171. The number of carbonyl (C=O) groups excluding carboxylic acids is 2. The molecule has 5 rings (SSSR count). The number of fused-ring (bicyclic) bond motifs is 1. The highest BCUT2D eigenvalue weighted by Gasteiger charge is 2.25. The van der Waals surface area contributed by atoms with Crippen molar-refractivity contribution in [1.29, 1.82) is 0 Å². The van der Waals surface area contributed by atoms with Crippen molar-refractivity contribution >= 4 is 28.1 Å². The van der Waals surface area contributed by atoms with Gasteiger partial charge in [0.1, 0.15) is 12.4 Å². The molecule has 1 aliphatic heterocycles. The lowest BCUT2D eigenvalue weighted by atomic mass is 9.93.